The molecule has 1 aromatic carbocycles. The summed E-state index contributed by atoms with van der Waals surface area (Å²) in [6, 6.07) is 11.1. The highest BCUT2D eigenvalue weighted by atomic mass is 32.2. The fourth-order valence-electron chi connectivity index (χ4n) is 2.45. The van der Waals surface area contributed by atoms with Crippen LogP contribution in [0.1, 0.15) is 24.4 Å². The summed E-state index contributed by atoms with van der Waals surface area (Å²) in [5.41, 5.74) is 1.37. The first-order valence-electron chi connectivity index (χ1n) is 5.61. The zero-order chi connectivity index (χ0) is 11.0. The number of amidine groups is 1. The molecule has 4 heteroatoms. The third-order valence-corrected chi connectivity index (χ3v) is 3.81. The van der Waals surface area contributed by atoms with Crippen LogP contribution < -0.4 is 5.32 Å². The average Bonchev–Trinajstić information content (AvgIpc) is 2.88. The minimum atomic E-state index is 0.410. The van der Waals surface area contributed by atoms with Gasteiger partial charge in [0.25, 0.3) is 0 Å². The minimum Gasteiger partial charge on any atom is -0.342 e. The van der Waals surface area contributed by atoms with E-state index in [4.69, 9.17) is 0 Å². The van der Waals surface area contributed by atoms with E-state index in [-0.39, 0.29) is 0 Å². The van der Waals surface area contributed by atoms with Gasteiger partial charge in [-0.3, -0.25) is 5.01 Å². The Hall–Kier alpha value is -1.16. The first-order chi connectivity index (χ1) is 7.88. The Labute approximate surface area is 99.9 Å². The third-order valence-electron chi connectivity index (χ3n) is 3.23. The summed E-state index contributed by atoms with van der Waals surface area (Å²) in [6.45, 7) is 0. The number of fused-ring (bicyclic) bond motifs is 1. The second kappa shape index (κ2) is 4.01. The van der Waals surface area contributed by atoms with Gasteiger partial charge in [0.1, 0.15) is 6.17 Å². The van der Waals surface area contributed by atoms with Crippen LogP contribution in [-0.4, -0.2) is 22.6 Å². The molecule has 0 aromatic heterocycles. The molecule has 0 aliphatic carbocycles. The van der Waals surface area contributed by atoms with Gasteiger partial charge < -0.3 is 5.32 Å². The molecule has 0 saturated carbocycles. The molecule has 0 spiro atoms. The number of benzene rings is 1. The summed E-state index contributed by atoms with van der Waals surface area (Å²) >= 11 is 1.68. The highest BCUT2D eigenvalue weighted by molar-refractivity contribution is 8.13. The third kappa shape index (κ3) is 1.57. The van der Waals surface area contributed by atoms with Gasteiger partial charge in [-0.05, 0) is 24.7 Å². The van der Waals surface area contributed by atoms with Crippen LogP contribution in [0.25, 0.3) is 0 Å². The highest BCUT2D eigenvalue weighted by Crippen LogP contribution is 2.37. The molecule has 3 nitrogen and oxygen atoms in total. The maximum atomic E-state index is 4.63. The van der Waals surface area contributed by atoms with Crippen LogP contribution >= 0.6 is 11.8 Å². The van der Waals surface area contributed by atoms with Crippen molar-refractivity contribution in [2.24, 2.45) is 5.10 Å². The molecule has 0 bridgehead atoms. The number of nitrogens with zero attached hydrogens (tertiary/aromatic N) is 2. The molecule has 3 rings (SSSR count). The standard InChI is InChI=1S/C12H15N3S/c1-16-12-13-11-8-7-10(15(11)14-12)9-5-3-2-4-6-9/h2-6,10-11H,7-8H2,1H3,(H,13,14). The van der Waals surface area contributed by atoms with E-state index >= 15 is 0 Å². The second-order valence-electron chi connectivity index (χ2n) is 4.15. The quantitative estimate of drug-likeness (QED) is 0.807. The van der Waals surface area contributed by atoms with Gasteiger partial charge >= 0.3 is 0 Å². The Morgan fingerprint density at radius 1 is 1.31 bits per heavy atom. The van der Waals surface area contributed by atoms with Crippen LogP contribution in [-0.2, 0) is 0 Å². The predicted octanol–water partition coefficient (Wildman–Crippen LogP) is 2.39. The maximum Gasteiger partial charge on any atom is 0.182 e. The lowest BCUT2D eigenvalue weighted by Gasteiger charge is -2.21. The lowest BCUT2D eigenvalue weighted by molar-refractivity contribution is 0.216. The van der Waals surface area contributed by atoms with Crippen LogP contribution in [0.2, 0.25) is 0 Å². The molecule has 2 unspecified atom stereocenters. The van der Waals surface area contributed by atoms with Gasteiger partial charge in [0.05, 0.1) is 6.04 Å². The largest absolute Gasteiger partial charge is 0.342 e. The number of nitrogens with one attached hydrogen (secondary N) is 1. The van der Waals surface area contributed by atoms with E-state index in [2.05, 4.69) is 52.0 Å². The molecule has 1 fully saturated rings. The maximum absolute atomic E-state index is 4.63. The van der Waals surface area contributed by atoms with Crippen LogP contribution in [0, 0.1) is 0 Å². The number of thioether (sulfide) groups is 1. The summed E-state index contributed by atoms with van der Waals surface area (Å²) in [5, 5.41) is 11.3. The molecule has 1 N–H and O–H groups in total. The Kier molecular flexibility index (Phi) is 2.52. The monoisotopic (exact) mass is 233 g/mol. The Bertz CT molecular complexity index is 404. The zero-order valence-corrected chi connectivity index (χ0v) is 10.1. The lowest BCUT2D eigenvalue weighted by Crippen LogP contribution is -2.32. The smallest absolute Gasteiger partial charge is 0.182 e. The van der Waals surface area contributed by atoms with Gasteiger partial charge in [-0.15, -0.1) is 5.10 Å². The molecule has 1 aromatic rings. The van der Waals surface area contributed by atoms with Crippen molar-refractivity contribution in [2.75, 3.05) is 6.26 Å². The molecule has 0 amide bonds. The van der Waals surface area contributed by atoms with E-state index in [9.17, 15) is 0 Å². The van der Waals surface area contributed by atoms with Crippen molar-refractivity contribution < 1.29 is 0 Å². The molecular weight excluding hydrogens is 218 g/mol. The number of hydrogen-bond acceptors (Lipinski definition) is 4. The predicted molar refractivity (Wildman–Crippen MR) is 68.1 cm³/mol. The zero-order valence-electron chi connectivity index (χ0n) is 9.26. The van der Waals surface area contributed by atoms with Gasteiger partial charge in [-0.1, -0.05) is 42.1 Å². The van der Waals surface area contributed by atoms with Crippen molar-refractivity contribution in [3.05, 3.63) is 35.9 Å². The summed E-state index contributed by atoms with van der Waals surface area (Å²) in [6.07, 6.45) is 4.83. The highest BCUT2D eigenvalue weighted by Gasteiger charge is 2.37. The number of hydrazone groups is 1. The fraction of sp³-hybridized carbons (Fsp3) is 0.417. The van der Waals surface area contributed by atoms with Crippen molar-refractivity contribution in [3.63, 3.8) is 0 Å². The molecule has 84 valence electrons. The Morgan fingerprint density at radius 2 is 2.12 bits per heavy atom. The summed E-state index contributed by atoms with van der Waals surface area (Å²) < 4.78 is 0. The van der Waals surface area contributed by atoms with Crippen LogP contribution in [0.5, 0.6) is 0 Å². The Morgan fingerprint density at radius 3 is 2.88 bits per heavy atom. The van der Waals surface area contributed by atoms with E-state index in [1.165, 1.54) is 18.4 Å². The van der Waals surface area contributed by atoms with Crippen LogP contribution in [0.4, 0.5) is 0 Å². The molecule has 2 atom stereocenters. The topological polar surface area (TPSA) is 27.6 Å². The van der Waals surface area contributed by atoms with Crippen molar-refractivity contribution >= 4 is 16.9 Å². The minimum absolute atomic E-state index is 0.410. The molecule has 2 heterocycles. The second-order valence-corrected chi connectivity index (χ2v) is 4.95. The van der Waals surface area contributed by atoms with Crippen LogP contribution in [0.15, 0.2) is 35.4 Å². The number of hydrogen-bond donors (Lipinski definition) is 1. The normalized spacial score (nSPS) is 27.6. The first kappa shape index (κ1) is 10.0. The van der Waals surface area contributed by atoms with Crippen molar-refractivity contribution in [1.82, 2.24) is 10.3 Å². The van der Waals surface area contributed by atoms with Gasteiger partial charge in [0, 0.05) is 0 Å². The molecular formula is C12H15N3S. The fourth-order valence-corrected chi connectivity index (χ4v) is 2.88. The summed E-state index contributed by atoms with van der Waals surface area (Å²) in [7, 11) is 0. The SMILES string of the molecule is CSC1=NN2C(CCC2c2ccccc2)N1. The Balaban J connectivity index is 1.86. The van der Waals surface area contributed by atoms with Crippen molar-refractivity contribution in [1.29, 1.82) is 0 Å². The molecule has 2 aliphatic heterocycles. The summed E-state index contributed by atoms with van der Waals surface area (Å²) in [5.74, 6) is 0. The van der Waals surface area contributed by atoms with E-state index in [1.54, 1.807) is 11.8 Å². The lowest BCUT2D eigenvalue weighted by atomic mass is 10.1. The van der Waals surface area contributed by atoms with Crippen molar-refractivity contribution in [2.45, 2.75) is 25.0 Å². The molecule has 0 radical (unpaired) electrons. The van der Waals surface area contributed by atoms with E-state index in [0.717, 1.165) is 5.17 Å². The first-order valence-corrected chi connectivity index (χ1v) is 6.83. The molecule has 1 saturated heterocycles. The van der Waals surface area contributed by atoms with Gasteiger partial charge in [0.15, 0.2) is 5.17 Å². The molecule has 2 aliphatic rings. The van der Waals surface area contributed by atoms with Crippen LogP contribution in [0.3, 0.4) is 0 Å². The van der Waals surface area contributed by atoms with Crippen molar-refractivity contribution in [3.8, 4) is 0 Å². The van der Waals surface area contributed by atoms with E-state index in [1.807, 2.05) is 0 Å². The van der Waals surface area contributed by atoms with Gasteiger partial charge in [-0.2, -0.15) is 0 Å². The summed E-state index contributed by atoms with van der Waals surface area (Å²) in [4.78, 5) is 0. The average molecular weight is 233 g/mol. The van der Waals surface area contributed by atoms with E-state index < -0.39 is 0 Å². The molecule has 16 heavy (non-hydrogen) atoms. The van der Waals surface area contributed by atoms with E-state index in [0.29, 0.717) is 12.2 Å². The van der Waals surface area contributed by atoms with Gasteiger partial charge in [0.2, 0.25) is 0 Å². The van der Waals surface area contributed by atoms with Gasteiger partial charge in [-0.25, -0.2) is 0 Å². The number of rotatable bonds is 1.